The Morgan fingerprint density at radius 3 is 2.93 bits per heavy atom. The number of esters is 1. The van der Waals surface area contributed by atoms with Gasteiger partial charge >= 0.3 is 5.97 Å². The third kappa shape index (κ3) is 2.58. The van der Waals surface area contributed by atoms with Crippen molar-refractivity contribution in [3.8, 4) is 0 Å². The molecule has 0 aromatic heterocycles. The van der Waals surface area contributed by atoms with Gasteiger partial charge in [-0.05, 0) is 12.8 Å². The summed E-state index contributed by atoms with van der Waals surface area (Å²) >= 11 is 0. The molecule has 3 atom stereocenters. The summed E-state index contributed by atoms with van der Waals surface area (Å²) in [6, 6.07) is 0. The van der Waals surface area contributed by atoms with Crippen LogP contribution in [0.5, 0.6) is 0 Å². The number of carbonyl (C=O) groups is 1. The minimum absolute atomic E-state index is 0.135. The second-order valence-corrected chi connectivity index (χ2v) is 3.76. The van der Waals surface area contributed by atoms with Crippen molar-refractivity contribution in [1.29, 1.82) is 0 Å². The zero-order valence-corrected chi connectivity index (χ0v) is 8.61. The molecule has 80 valence electrons. The summed E-state index contributed by atoms with van der Waals surface area (Å²) in [5.41, 5.74) is 0. The number of aliphatic hydroxyl groups excluding tert-OH is 1. The van der Waals surface area contributed by atoms with E-state index >= 15 is 0 Å². The highest BCUT2D eigenvalue weighted by Crippen LogP contribution is 2.31. The van der Waals surface area contributed by atoms with Crippen LogP contribution in [0.1, 0.15) is 32.6 Å². The SMILES string of the molecule is C=CC1CC(O)C1OC(=O)CCCC. The molecule has 3 heteroatoms. The van der Waals surface area contributed by atoms with Crippen molar-refractivity contribution in [2.75, 3.05) is 0 Å². The van der Waals surface area contributed by atoms with Crippen LogP contribution in [0.3, 0.4) is 0 Å². The zero-order chi connectivity index (χ0) is 10.6. The molecular formula is C11H18O3. The maximum Gasteiger partial charge on any atom is 0.306 e. The van der Waals surface area contributed by atoms with Gasteiger partial charge in [0.15, 0.2) is 0 Å². The van der Waals surface area contributed by atoms with Crippen LogP contribution in [0.4, 0.5) is 0 Å². The summed E-state index contributed by atoms with van der Waals surface area (Å²) in [4.78, 5) is 11.2. The van der Waals surface area contributed by atoms with Gasteiger partial charge < -0.3 is 9.84 Å². The molecule has 14 heavy (non-hydrogen) atoms. The fourth-order valence-electron chi connectivity index (χ4n) is 1.56. The number of aliphatic hydroxyl groups is 1. The molecule has 3 unspecified atom stereocenters. The zero-order valence-electron chi connectivity index (χ0n) is 8.61. The lowest BCUT2D eigenvalue weighted by atomic mass is 9.79. The first kappa shape index (κ1) is 11.2. The number of hydrogen-bond donors (Lipinski definition) is 1. The Morgan fingerprint density at radius 1 is 1.71 bits per heavy atom. The van der Waals surface area contributed by atoms with Crippen LogP contribution in [-0.2, 0) is 9.53 Å². The van der Waals surface area contributed by atoms with Crippen molar-refractivity contribution >= 4 is 5.97 Å². The summed E-state index contributed by atoms with van der Waals surface area (Å²) in [5.74, 6) is -0.0713. The van der Waals surface area contributed by atoms with Crippen molar-refractivity contribution in [3.05, 3.63) is 12.7 Å². The third-order valence-electron chi connectivity index (χ3n) is 2.62. The topological polar surface area (TPSA) is 46.5 Å². The molecule has 0 amide bonds. The Bertz CT molecular complexity index is 213. The summed E-state index contributed by atoms with van der Waals surface area (Å²) < 4.78 is 5.14. The van der Waals surface area contributed by atoms with E-state index in [9.17, 15) is 9.90 Å². The van der Waals surface area contributed by atoms with E-state index in [4.69, 9.17) is 4.74 Å². The van der Waals surface area contributed by atoms with E-state index in [0.717, 1.165) is 12.8 Å². The molecule has 0 aromatic carbocycles. The van der Waals surface area contributed by atoms with Crippen molar-refractivity contribution in [3.63, 3.8) is 0 Å². The average Bonchev–Trinajstić information content (AvgIpc) is 2.19. The fourth-order valence-corrected chi connectivity index (χ4v) is 1.56. The highest BCUT2D eigenvalue weighted by Gasteiger charge is 2.40. The molecule has 0 aromatic rings. The predicted molar refractivity (Wildman–Crippen MR) is 53.7 cm³/mol. The molecule has 1 aliphatic carbocycles. The molecule has 3 nitrogen and oxygen atoms in total. The van der Waals surface area contributed by atoms with E-state index in [1.807, 2.05) is 6.92 Å². The third-order valence-corrected chi connectivity index (χ3v) is 2.62. The summed E-state index contributed by atoms with van der Waals surface area (Å²) in [6.07, 6.45) is 3.83. The Hall–Kier alpha value is -0.830. The van der Waals surface area contributed by atoms with Crippen molar-refractivity contribution in [2.24, 2.45) is 5.92 Å². The lowest BCUT2D eigenvalue weighted by Crippen LogP contribution is -2.48. The normalized spacial score (nSPS) is 30.6. The number of rotatable bonds is 5. The van der Waals surface area contributed by atoms with Crippen LogP contribution in [0.25, 0.3) is 0 Å². The van der Waals surface area contributed by atoms with Gasteiger partial charge in [-0.1, -0.05) is 19.4 Å². The predicted octanol–water partition coefficient (Wildman–Crippen LogP) is 1.66. The van der Waals surface area contributed by atoms with Gasteiger partial charge in [0.25, 0.3) is 0 Å². The van der Waals surface area contributed by atoms with Crippen LogP contribution in [0.2, 0.25) is 0 Å². The van der Waals surface area contributed by atoms with Gasteiger partial charge in [0, 0.05) is 12.3 Å². The van der Waals surface area contributed by atoms with E-state index in [-0.39, 0.29) is 18.0 Å². The first-order valence-corrected chi connectivity index (χ1v) is 5.19. The highest BCUT2D eigenvalue weighted by atomic mass is 16.6. The van der Waals surface area contributed by atoms with Crippen LogP contribution >= 0.6 is 0 Å². The van der Waals surface area contributed by atoms with Gasteiger partial charge in [0.05, 0.1) is 6.10 Å². The summed E-state index contributed by atoms with van der Waals surface area (Å²) in [5, 5.41) is 9.36. The van der Waals surface area contributed by atoms with Crippen LogP contribution in [-0.4, -0.2) is 23.3 Å². The first-order valence-electron chi connectivity index (χ1n) is 5.19. The molecule has 0 aliphatic heterocycles. The molecule has 1 rings (SSSR count). The molecule has 0 heterocycles. The summed E-state index contributed by atoms with van der Waals surface area (Å²) in [7, 11) is 0. The van der Waals surface area contributed by atoms with E-state index < -0.39 is 6.10 Å². The molecule has 1 saturated carbocycles. The van der Waals surface area contributed by atoms with Gasteiger partial charge in [-0.25, -0.2) is 0 Å². The molecule has 1 fully saturated rings. The number of hydrogen-bond acceptors (Lipinski definition) is 3. The Kier molecular flexibility index (Phi) is 4.14. The smallest absolute Gasteiger partial charge is 0.306 e. The van der Waals surface area contributed by atoms with Crippen LogP contribution < -0.4 is 0 Å². The van der Waals surface area contributed by atoms with E-state index in [0.29, 0.717) is 12.8 Å². The first-order chi connectivity index (χ1) is 6.69. The number of carbonyl (C=O) groups excluding carboxylic acids is 1. The van der Waals surface area contributed by atoms with Crippen LogP contribution in [0, 0.1) is 5.92 Å². The van der Waals surface area contributed by atoms with E-state index in [1.165, 1.54) is 0 Å². The quantitative estimate of drug-likeness (QED) is 0.539. The maximum absolute atomic E-state index is 11.2. The Balaban J connectivity index is 2.28. The van der Waals surface area contributed by atoms with Crippen molar-refractivity contribution < 1.29 is 14.6 Å². The van der Waals surface area contributed by atoms with Gasteiger partial charge in [0.2, 0.25) is 0 Å². The molecule has 0 saturated heterocycles. The average molecular weight is 198 g/mol. The molecule has 1 N–H and O–H groups in total. The van der Waals surface area contributed by atoms with Gasteiger partial charge in [-0.15, -0.1) is 6.58 Å². The van der Waals surface area contributed by atoms with Gasteiger partial charge in [-0.2, -0.15) is 0 Å². The van der Waals surface area contributed by atoms with Crippen molar-refractivity contribution in [1.82, 2.24) is 0 Å². The molecular weight excluding hydrogens is 180 g/mol. The summed E-state index contributed by atoms with van der Waals surface area (Å²) in [6.45, 7) is 5.66. The second kappa shape index (κ2) is 5.15. The molecule has 0 bridgehead atoms. The standard InChI is InChI=1S/C11H18O3/c1-3-5-6-10(13)14-11-8(4-2)7-9(11)12/h4,8-9,11-12H,2-3,5-7H2,1H3. The van der Waals surface area contributed by atoms with Crippen molar-refractivity contribution in [2.45, 2.75) is 44.8 Å². The second-order valence-electron chi connectivity index (χ2n) is 3.76. The minimum atomic E-state index is -0.497. The monoisotopic (exact) mass is 198 g/mol. The Morgan fingerprint density at radius 2 is 2.43 bits per heavy atom. The van der Waals surface area contributed by atoms with Gasteiger partial charge in [-0.3, -0.25) is 4.79 Å². The molecule has 1 aliphatic rings. The molecule has 0 spiro atoms. The fraction of sp³-hybridized carbons (Fsp3) is 0.727. The lowest BCUT2D eigenvalue weighted by molar-refractivity contribution is -0.171. The number of ether oxygens (including phenoxy) is 1. The highest BCUT2D eigenvalue weighted by molar-refractivity contribution is 5.69. The van der Waals surface area contributed by atoms with Gasteiger partial charge in [0.1, 0.15) is 6.10 Å². The largest absolute Gasteiger partial charge is 0.459 e. The Labute approximate surface area is 84.8 Å². The minimum Gasteiger partial charge on any atom is -0.459 e. The van der Waals surface area contributed by atoms with Crippen LogP contribution in [0.15, 0.2) is 12.7 Å². The lowest BCUT2D eigenvalue weighted by Gasteiger charge is -2.38. The number of unbranched alkanes of at least 4 members (excludes halogenated alkanes) is 1. The molecule has 0 radical (unpaired) electrons. The van der Waals surface area contributed by atoms with E-state index in [1.54, 1.807) is 6.08 Å². The van der Waals surface area contributed by atoms with E-state index in [2.05, 4.69) is 6.58 Å². The maximum atomic E-state index is 11.2.